The van der Waals surface area contributed by atoms with Gasteiger partial charge < -0.3 is 10.2 Å². The van der Waals surface area contributed by atoms with Crippen molar-refractivity contribution in [2.45, 2.75) is 38.5 Å². The molecule has 1 fully saturated rings. The Morgan fingerprint density at radius 1 is 1.38 bits per heavy atom. The van der Waals surface area contributed by atoms with Crippen molar-refractivity contribution in [2.24, 2.45) is 0 Å². The van der Waals surface area contributed by atoms with Crippen LogP contribution in [-0.2, 0) is 10.5 Å². The van der Waals surface area contributed by atoms with E-state index in [4.69, 9.17) is 0 Å². The zero-order chi connectivity index (χ0) is 15.1. The van der Waals surface area contributed by atoms with Crippen molar-refractivity contribution < 1.29 is 4.79 Å². The molecule has 2 heterocycles. The van der Waals surface area contributed by atoms with Crippen LogP contribution in [0.5, 0.6) is 0 Å². The fourth-order valence-electron chi connectivity index (χ4n) is 2.35. The summed E-state index contributed by atoms with van der Waals surface area (Å²) in [5.41, 5.74) is 0. The number of tetrazole rings is 1. The summed E-state index contributed by atoms with van der Waals surface area (Å²) in [5.74, 6) is 2.01. The minimum absolute atomic E-state index is 0.0859. The smallest absolute Gasteiger partial charge is 0.230 e. The van der Waals surface area contributed by atoms with Crippen LogP contribution in [0.2, 0.25) is 0 Å². The number of amides is 1. The third-order valence-corrected chi connectivity index (χ3v) is 4.39. The van der Waals surface area contributed by atoms with Crippen LogP contribution in [0.1, 0.15) is 38.6 Å². The SMILES string of the molecule is CC(C)n1nnnc1CSCC(=O)NCCN1CCCC1. The van der Waals surface area contributed by atoms with Crippen LogP contribution in [0.15, 0.2) is 0 Å². The molecule has 7 nitrogen and oxygen atoms in total. The number of nitrogens with one attached hydrogen (secondary N) is 1. The summed E-state index contributed by atoms with van der Waals surface area (Å²) < 4.78 is 1.79. The Morgan fingerprint density at radius 2 is 2.14 bits per heavy atom. The van der Waals surface area contributed by atoms with Crippen LogP contribution in [0, 0.1) is 0 Å². The largest absolute Gasteiger partial charge is 0.354 e. The predicted octanol–water partition coefficient (Wildman–Crippen LogP) is 0.699. The first-order valence-corrected chi connectivity index (χ1v) is 8.66. The lowest BCUT2D eigenvalue weighted by Gasteiger charge is -2.14. The van der Waals surface area contributed by atoms with E-state index < -0.39 is 0 Å². The van der Waals surface area contributed by atoms with Crippen molar-refractivity contribution in [3.8, 4) is 0 Å². The van der Waals surface area contributed by atoms with Crippen molar-refractivity contribution in [1.29, 1.82) is 0 Å². The van der Waals surface area contributed by atoms with Gasteiger partial charge in [-0.3, -0.25) is 4.79 Å². The fourth-order valence-corrected chi connectivity index (χ4v) is 3.12. The number of carbonyl (C=O) groups is 1. The molecule has 1 aliphatic heterocycles. The molecule has 0 unspecified atom stereocenters. The van der Waals surface area contributed by atoms with Crippen LogP contribution in [-0.4, -0.2) is 62.9 Å². The molecule has 1 aliphatic rings. The molecule has 0 atom stereocenters. The minimum atomic E-state index is 0.0859. The van der Waals surface area contributed by atoms with Gasteiger partial charge in [0.2, 0.25) is 5.91 Å². The maximum absolute atomic E-state index is 11.8. The number of hydrogen-bond donors (Lipinski definition) is 1. The molecule has 2 rings (SSSR count). The van der Waals surface area contributed by atoms with E-state index >= 15 is 0 Å². The summed E-state index contributed by atoms with van der Waals surface area (Å²) in [5, 5.41) is 14.6. The molecule has 1 saturated heterocycles. The Hall–Kier alpha value is -1.15. The van der Waals surface area contributed by atoms with E-state index in [-0.39, 0.29) is 11.9 Å². The highest BCUT2D eigenvalue weighted by molar-refractivity contribution is 7.99. The number of rotatable bonds is 8. The van der Waals surface area contributed by atoms with Crippen LogP contribution in [0.25, 0.3) is 0 Å². The summed E-state index contributed by atoms with van der Waals surface area (Å²) >= 11 is 1.54. The van der Waals surface area contributed by atoms with Crippen LogP contribution < -0.4 is 5.32 Å². The molecular weight excluding hydrogens is 288 g/mol. The number of hydrogen-bond acceptors (Lipinski definition) is 6. The Bertz CT molecular complexity index is 444. The molecule has 0 spiro atoms. The molecule has 8 heteroatoms. The van der Waals surface area contributed by atoms with E-state index in [1.54, 1.807) is 16.4 Å². The maximum Gasteiger partial charge on any atom is 0.230 e. The number of thioether (sulfide) groups is 1. The molecule has 0 saturated carbocycles. The topological polar surface area (TPSA) is 75.9 Å². The summed E-state index contributed by atoms with van der Waals surface area (Å²) in [6.45, 7) is 8.11. The lowest BCUT2D eigenvalue weighted by atomic mass is 10.4. The molecule has 1 N–H and O–H groups in total. The summed E-state index contributed by atoms with van der Waals surface area (Å²) in [7, 11) is 0. The van der Waals surface area contributed by atoms with E-state index in [2.05, 4.69) is 25.7 Å². The zero-order valence-corrected chi connectivity index (χ0v) is 13.6. The Labute approximate surface area is 129 Å². The van der Waals surface area contributed by atoms with Gasteiger partial charge in [0.1, 0.15) is 0 Å². The fraction of sp³-hybridized carbons (Fsp3) is 0.846. The van der Waals surface area contributed by atoms with Gasteiger partial charge in [0.25, 0.3) is 0 Å². The Kier molecular flexibility index (Phi) is 6.44. The van der Waals surface area contributed by atoms with Gasteiger partial charge in [-0.05, 0) is 50.2 Å². The first-order valence-electron chi connectivity index (χ1n) is 7.50. The van der Waals surface area contributed by atoms with Crippen LogP contribution in [0.4, 0.5) is 0 Å². The zero-order valence-electron chi connectivity index (χ0n) is 12.8. The lowest BCUT2D eigenvalue weighted by Crippen LogP contribution is -2.34. The van der Waals surface area contributed by atoms with Crippen LogP contribution >= 0.6 is 11.8 Å². The molecular formula is C13H24N6OS. The minimum Gasteiger partial charge on any atom is -0.354 e. The molecule has 118 valence electrons. The van der Waals surface area contributed by atoms with Crippen LogP contribution in [0.3, 0.4) is 0 Å². The Morgan fingerprint density at radius 3 is 2.86 bits per heavy atom. The summed E-state index contributed by atoms with van der Waals surface area (Å²) in [4.78, 5) is 14.1. The van der Waals surface area contributed by atoms with Gasteiger partial charge in [-0.15, -0.1) is 16.9 Å². The molecule has 1 amide bonds. The first-order chi connectivity index (χ1) is 10.2. The molecule has 0 aliphatic carbocycles. The number of nitrogens with zero attached hydrogens (tertiary/aromatic N) is 5. The number of aromatic nitrogens is 4. The van der Waals surface area contributed by atoms with Crippen molar-refractivity contribution in [3.63, 3.8) is 0 Å². The highest BCUT2D eigenvalue weighted by atomic mass is 32.2. The molecule has 1 aromatic rings. The van der Waals surface area contributed by atoms with E-state index in [9.17, 15) is 4.79 Å². The second kappa shape index (κ2) is 8.33. The second-order valence-corrected chi connectivity index (χ2v) is 6.51. The van der Waals surface area contributed by atoms with Gasteiger partial charge in [-0.2, -0.15) is 0 Å². The van der Waals surface area contributed by atoms with Gasteiger partial charge in [0.15, 0.2) is 5.82 Å². The average Bonchev–Trinajstić information content (AvgIpc) is 3.09. The predicted molar refractivity (Wildman–Crippen MR) is 83.0 cm³/mol. The van der Waals surface area contributed by atoms with Crippen molar-refractivity contribution in [2.75, 3.05) is 31.9 Å². The third-order valence-electron chi connectivity index (χ3n) is 3.46. The van der Waals surface area contributed by atoms with Crippen molar-refractivity contribution in [3.05, 3.63) is 5.82 Å². The average molecular weight is 312 g/mol. The van der Waals surface area contributed by atoms with E-state index in [0.29, 0.717) is 11.5 Å². The van der Waals surface area contributed by atoms with Gasteiger partial charge in [-0.25, -0.2) is 4.68 Å². The van der Waals surface area contributed by atoms with Crippen molar-refractivity contribution in [1.82, 2.24) is 30.4 Å². The number of likely N-dealkylation sites (tertiary alicyclic amines) is 1. The summed E-state index contributed by atoms with van der Waals surface area (Å²) in [6, 6.07) is 0.241. The first kappa shape index (κ1) is 16.2. The van der Waals surface area contributed by atoms with E-state index in [1.165, 1.54) is 25.9 Å². The number of carbonyl (C=O) groups excluding carboxylic acids is 1. The van der Waals surface area contributed by atoms with Gasteiger partial charge >= 0.3 is 0 Å². The normalized spacial score (nSPS) is 15.8. The molecule has 0 aromatic carbocycles. The van der Waals surface area contributed by atoms with E-state index in [1.807, 2.05) is 13.8 Å². The maximum atomic E-state index is 11.8. The van der Waals surface area contributed by atoms with Gasteiger partial charge in [0, 0.05) is 13.1 Å². The molecule has 1 aromatic heterocycles. The third kappa shape index (κ3) is 5.28. The lowest BCUT2D eigenvalue weighted by molar-refractivity contribution is -0.118. The quantitative estimate of drug-likeness (QED) is 0.761. The monoisotopic (exact) mass is 312 g/mol. The van der Waals surface area contributed by atoms with Crippen molar-refractivity contribution >= 4 is 17.7 Å². The van der Waals surface area contributed by atoms with E-state index in [0.717, 1.165) is 18.9 Å². The molecule has 21 heavy (non-hydrogen) atoms. The molecule has 0 radical (unpaired) electrons. The molecule has 0 bridgehead atoms. The highest BCUT2D eigenvalue weighted by Gasteiger charge is 2.12. The standard InChI is InChI=1S/C13H24N6OS/c1-11(2)19-12(15-16-17-19)9-21-10-13(20)14-5-8-18-6-3-4-7-18/h11H,3-10H2,1-2H3,(H,14,20). The summed E-state index contributed by atoms with van der Waals surface area (Å²) in [6.07, 6.45) is 2.57. The second-order valence-electron chi connectivity index (χ2n) is 5.52. The van der Waals surface area contributed by atoms with Gasteiger partial charge in [0.05, 0.1) is 17.5 Å². The van der Waals surface area contributed by atoms with Gasteiger partial charge in [-0.1, -0.05) is 0 Å². The Balaban J connectivity index is 1.59. The highest BCUT2D eigenvalue weighted by Crippen LogP contribution is 2.12.